The summed E-state index contributed by atoms with van der Waals surface area (Å²) in [7, 11) is 0. The van der Waals surface area contributed by atoms with Gasteiger partial charge in [0, 0.05) is 30.4 Å². The molecule has 4 heterocycles. The van der Waals surface area contributed by atoms with E-state index in [1.165, 1.54) is 0 Å². The van der Waals surface area contributed by atoms with E-state index in [1.54, 1.807) is 0 Å². The van der Waals surface area contributed by atoms with Crippen LogP contribution >= 0.6 is 0 Å². The standard InChI is InChI=1S/C25H32N6O2/c1-17-6-5-7-19(27-17)15-26-23-20-8-9-21(28-24(20)30-29-23)18-10-13-31(16-18)22(32)14-25(33)11-3-2-4-12-25/h5-9,18,33H,2-4,10-16H2,1H3,(H2,26,28,29,30)/t18-/m1/s1. The van der Waals surface area contributed by atoms with Crippen molar-refractivity contribution in [3.05, 3.63) is 47.4 Å². The van der Waals surface area contributed by atoms with Gasteiger partial charge in [-0.1, -0.05) is 25.3 Å². The van der Waals surface area contributed by atoms with Crippen molar-refractivity contribution in [1.29, 1.82) is 0 Å². The molecule has 0 unspecified atom stereocenters. The second kappa shape index (κ2) is 9.09. The molecule has 1 saturated carbocycles. The predicted octanol–water partition coefficient (Wildman–Crippen LogP) is 3.67. The fraction of sp³-hybridized carbons (Fsp3) is 0.520. The van der Waals surface area contributed by atoms with Crippen LogP contribution in [0.4, 0.5) is 5.82 Å². The van der Waals surface area contributed by atoms with Gasteiger partial charge in [-0.15, -0.1) is 0 Å². The first-order valence-corrected chi connectivity index (χ1v) is 12.0. The lowest BCUT2D eigenvalue weighted by molar-refractivity contribution is -0.136. The number of aryl methyl sites for hydroxylation is 1. The minimum atomic E-state index is -0.808. The van der Waals surface area contributed by atoms with E-state index in [2.05, 4.69) is 20.5 Å². The highest BCUT2D eigenvalue weighted by Gasteiger charge is 2.36. The second-order valence-electron chi connectivity index (χ2n) is 9.62. The van der Waals surface area contributed by atoms with Crippen molar-refractivity contribution in [2.45, 2.75) is 69.9 Å². The number of aromatic nitrogens is 4. The van der Waals surface area contributed by atoms with Crippen LogP contribution in [0, 0.1) is 6.92 Å². The van der Waals surface area contributed by atoms with Gasteiger partial charge in [-0.3, -0.25) is 14.9 Å². The smallest absolute Gasteiger partial charge is 0.225 e. The number of aliphatic hydroxyl groups is 1. The number of rotatable bonds is 6. The van der Waals surface area contributed by atoms with Gasteiger partial charge in [0.2, 0.25) is 5.91 Å². The monoisotopic (exact) mass is 448 g/mol. The molecular formula is C25H32N6O2. The number of H-pyrrole nitrogens is 1. The number of likely N-dealkylation sites (tertiary alicyclic amines) is 1. The lowest BCUT2D eigenvalue weighted by atomic mass is 9.82. The van der Waals surface area contributed by atoms with Crippen LogP contribution in [0.3, 0.4) is 0 Å². The highest BCUT2D eigenvalue weighted by Crippen LogP contribution is 2.33. The van der Waals surface area contributed by atoms with E-state index in [9.17, 15) is 9.90 Å². The molecule has 5 rings (SSSR count). The van der Waals surface area contributed by atoms with Crippen LogP contribution in [0.5, 0.6) is 0 Å². The quantitative estimate of drug-likeness (QED) is 0.531. The average molecular weight is 449 g/mol. The SMILES string of the molecule is Cc1cccc(CNc2n[nH]c3nc([C@@H]4CCN(C(=O)CC5(O)CCCCC5)C4)ccc23)n1. The summed E-state index contributed by atoms with van der Waals surface area (Å²) in [4.78, 5) is 24.1. The molecule has 3 aromatic rings. The number of anilines is 1. The Morgan fingerprint density at radius 1 is 1.21 bits per heavy atom. The topological polar surface area (TPSA) is 107 Å². The molecule has 3 N–H and O–H groups in total. The van der Waals surface area contributed by atoms with Crippen molar-refractivity contribution >= 4 is 22.8 Å². The Kier molecular flexibility index (Phi) is 6.01. The first-order valence-electron chi connectivity index (χ1n) is 12.0. The van der Waals surface area contributed by atoms with E-state index >= 15 is 0 Å². The minimum Gasteiger partial charge on any atom is -0.389 e. The summed E-state index contributed by atoms with van der Waals surface area (Å²) in [5.41, 5.74) is 2.87. The lowest BCUT2D eigenvalue weighted by Crippen LogP contribution is -2.39. The Bertz CT molecular complexity index is 1140. The minimum absolute atomic E-state index is 0.0702. The van der Waals surface area contributed by atoms with Crippen molar-refractivity contribution in [2.24, 2.45) is 0 Å². The van der Waals surface area contributed by atoms with Gasteiger partial charge in [0.1, 0.15) is 0 Å². The van der Waals surface area contributed by atoms with Crippen LogP contribution < -0.4 is 5.32 Å². The molecule has 3 aromatic heterocycles. The molecule has 1 aliphatic heterocycles. The highest BCUT2D eigenvalue weighted by atomic mass is 16.3. The zero-order chi connectivity index (χ0) is 22.8. The van der Waals surface area contributed by atoms with Gasteiger partial charge >= 0.3 is 0 Å². The molecule has 1 atom stereocenters. The number of aromatic amines is 1. The van der Waals surface area contributed by atoms with E-state index in [-0.39, 0.29) is 18.2 Å². The molecule has 8 heteroatoms. The van der Waals surface area contributed by atoms with E-state index in [4.69, 9.17) is 4.98 Å². The number of fused-ring (bicyclic) bond motifs is 1. The maximum absolute atomic E-state index is 12.8. The number of carbonyl (C=O) groups is 1. The van der Waals surface area contributed by atoms with E-state index in [1.807, 2.05) is 42.2 Å². The van der Waals surface area contributed by atoms with Crippen molar-refractivity contribution < 1.29 is 9.90 Å². The third-order valence-corrected chi connectivity index (χ3v) is 7.05. The van der Waals surface area contributed by atoms with E-state index < -0.39 is 5.60 Å². The van der Waals surface area contributed by atoms with Crippen molar-refractivity contribution in [3.8, 4) is 0 Å². The first kappa shape index (κ1) is 21.8. The number of nitrogens with one attached hydrogen (secondary N) is 2. The van der Waals surface area contributed by atoms with Crippen LogP contribution in [0.1, 0.15) is 67.9 Å². The molecule has 33 heavy (non-hydrogen) atoms. The molecule has 2 fully saturated rings. The third-order valence-electron chi connectivity index (χ3n) is 7.05. The normalized spacial score (nSPS) is 20.3. The summed E-state index contributed by atoms with van der Waals surface area (Å²) in [5.74, 6) is 1.03. The molecule has 1 aliphatic carbocycles. The van der Waals surface area contributed by atoms with E-state index in [0.29, 0.717) is 13.1 Å². The molecule has 0 bridgehead atoms. The van der Waals surface area contributed by atoms with Crippen LogP contribution in [0.15, 0.2) is 30.3 Å². The van der Waals surface area contributed by atoms with Crippen LogP contribution in [0.25, 0.3) is 11.0 Å². The number of carbonyl (C=O) groups excluding carboxylic acids is 1. The zero-order valence-electron chi connectivity index (χ0n) is 19.2. The van der Waals surface area contributed by atoms with Crippen molar-refractivity contribution in [3.63, 3.8) is 0 Å². The number of pyridine rings is 2. The summed E-state index contributed by atoms with van der Waals surface area (Å²) in [6, 6.07) is 10.1. The first-order chi connectivity index (χ1) is 16.0. The fourth-order valence-electron chi connectivity index (χ4n) is 5.16. The van der Waals surface area contributed by atoms with Crippen LogP contribution in [-0.4, -0.2) is 54.8 Å². The lowest BCUT2D eigenvalue weighted by Gasteiger charge is -2.32. The molecule has 1 amide bonds. The fourth-order valence-corrected chi connectivity index (χ4v) is 5.16. The largest absolute Gasteiger partial charge is 0.389 e. The molecule has 1 saturated heterocycles. The Morgan fingerprint density at radius 3 is 2.88 bits per heavy atom. The second-order valence-corrected chi connectivity index (χ2v) is 9.62. The van der Waals surface area contributed by atoms with Gasteiger partial charge in [-0.25, -0.2) is 4.98 Å². The maximum atomic E-state index is 12.8. The predicted molar refractivity (Wildman–Crippen MR) is 127 cm³/mol. The number of hydrogen-bond acceptors (Lipinski definition) is 6. The average Bonchev–Trinajstić information content (AvgIpc) is 3.45. The van der Waals surface area contributed by atoms with Gasteiger partial charge in [-0.2, -0.15) is 5.10 Å². The number of hydrogen-bond donors (Lipinski definition) is 3. The molecule has 0 aromatic carbocycles. The summed E-state index contributed by atoms with van der Waals surface area (Å²) < 4.78 is 0. The molecule has 174 valence electrons. The van der Waals surface area contributed by atoms with Gasteiger partial charge in [0.25, 0.3) is 0 Å². The van der Waals surface area contributed by atoms with Crippen molar-refractivity contribution in [1.82, 2.24) is 25.1 Å². The Morgan fingerprint density at radius 2 is 2.06 bits per heavy atom. The van der Waals surface area contributed by atoms with Gasteiger partial charge < -0.3 is 15.3 Å². The highest BCUT2D eigenvalue weighted by molar-refractivity contribution is 5.87. The van der Waals surface area contributed by atoms with E-state index in [0.717, 1.165) is 79.0 Å². The number of nitrogens with zero attached hydrogens (tertiary/aromatic N) is 4. The zero-order valence-corrected chi connectivity index (χ0v) is 19.2. The van der Waals surface area contributed by atoms with Gasteiger partial charge in [0.15, 0.2) is 11.5 Å². The summed E-state index contributed by atoms with van der Waals surface area (Å²) in [6.07, 6.45) is 5.80. The summed E-state index contributed by atoms with van der Waals surface area (Å²) in [6.45, 7) is 3.95. The maximum Gasteiger partial charge on any atom is 0.225 e. The summed E-state index contributed by atoms with van der Waals surface area (Å²) >= 11 is 0. The number of amides is 1. The Hall–Kier alpha value is -3.00. The Labute approximate surface area is 193 Å². The van der Waals surface area contributed by atoms with Crippen molar-refractivity contribution in [2.75, 3.05) is 18.4 Å². The van der Waals surface area contributed by atoms with Gasteiger partial charge in [-0.05, 0) is 50.5 Å². The Balaban J connectivity index is 1.22. The molecule has 2 aliphatic rings. The molecule has 0 spiro atoms. The molecule has 0 radical (unpaired) electrons. The molecular weight excluding hydrogens is 416 g/mol. The molecule has 8 nitrogen and oxygen atoms in total. The van der Waals surface area contributed by atoms with Crippen LogP contribution in [0.2, 0.25) is 0 Å². The third kappa shape index (κ3) is 4.85. The van der Waals surface area contributed by atoms with Crippen LogP contribution in [-0.2, 0) is 11.3 Å². The van der Waals surface area contributed by atoms with Gasteiger partial charge in [0.05, 0.1) is 29.6 Å². The summed E-state index contributed by atoms with van der Waals surface area (Å²) in [5, 5.41) is 22.5.